The van der Waals surface area contributed by atoms with Crippen LogP contribution in [0.3, 0.4) is 0 Å². The molecule has 5 heteroatoms. The summed E-state index contributed by atoms with van der Waals surface area (Å²) in [5.41, 5.74) is 4.08. The van der Waals surface area contributed by atoms with Crippen molar-refractivity contribution in [1.82, 2.24) is 5.48 Å². The van der Waals surface area contributed by atoms with Crippen LogP contribution >= 0.6 is 15.9 Å². The highest BCUT2D eigenvalue weighted by Gasteiger charge is 2.35. The standard InChI is InChI=1S/C13H18BrNO3/c1-4-5-11-12(15-17-3)9-6-8(16-2)7-10(14)13(9)18-11/h6-7,11-12,15H,4-5H2,1-3H3. The first-order chi connectivity index (χ1) is 8.71. The van der Waals surface area contributed by atoms with E-state index in [0.717, 1.165) is 34.4 Å². The first-order valence-corrected chi connectivity index (χ1v) is 6.83. The van der Waals surface area contributed by atoms with Crippen LogP contribution in [0.2, 0.25) is 0 Å². The topological polar surface area (TPSA) is 39.7 Å². The van der Waals surface area contributed by atoms with Crippen LogP contribution in [0.25, 0.3) is 0 Å². The van der Waals surface area contributed by atoms with Gasteiger partial charge < -0.3 is 14.3 Å². The van der Waals surface area contributed by atoms with Crippen molar-refractivity contribution in [2.45, 2.75) is 31.9 Å². The molecule has 0 aromatic heterocycles. The molecule has 1 aromatic carbocycles. The van der Waals surface area contributed by atoms with Crippen molar-refractivity contribution >= 4 is 15.9 Å². The summed E-state index contributed by atoms with van der Waals surface area (Å²) >= 11 is 3.52. The fourth-order valence-electron chi connectivity index (χ4n) is 2.26. The molecule has 4 nitrogen and oxygen atoms in total. The zero-order chi connectivity index (χ0) is 13.1. The molecule has 0 radical (unpaired) electrons. The number of rotatable bonds is 5. The third-order valence-corrected chi connectivity index (χ3v) is 3.66. The summed E-state index contributed by atoms with van der Waals surface area (Å²) in [5, 5.41) is 0. The second kappa shape index (κ2) is 5.91. The van der Waals surface area contributed by atoms with Crippen molar-refractivity contribution in [2.75, 3.05) is 14.2 Å². The van der Waals surface area contributed by atoms with E-state index >= 15 is 0 Å². The maximum Gasteiger partial charge on any atom is 0.139 e. The fraction of sp³-hybridized carbons (Fsp3) is 0.538. The van der Waals surface area contributed by atoms with Crippen molar-refractivity contribution in [2.24, 2.45) is 0 Å². The second-order valence-electron chi connectivity index (χ2n) is 4.27. The Bertz CT molecular complexity index is 425. The van der Waals surface area contributed by atoms with Crippen molar-refractivity contribution < 1.29 is 14.3 Å². The van der Waals surface area contributed by atoms with Crippen molar-refractivity contribution in [3.63, 3.8) is 0 Å². The van der Waals surface area contributed by atoms with Gasteiger partial charge in [0.05, 0.1) is 24.7 Å². The number of hydroxylamine groups is 1. The van der Waals surface area contributed by atoms with E-state index in [-0.39, 0.29) is 12.1 Å². The molecule has 2 rings (SSSR count). The van der Waals surface area contributed by atoms with Crippen LogP contribution in [0.4, 0.5) is 0 Å². The third kappa shape index (κ3) is 2.48. The molecule has 0 fully saturated rings. The fourth-order valence-corrected chi connectivity index (χ4v) is 2.81. The number of nitrogens with one attached hydrogen (secondary N) is 1. The van der Waals surface area contributed by atoms with Gasteiger partial charge in [-0.1, -0.05) is 13.3 Å². The first-order valence-electron chi connectivity index (χ1n) is 6.03. The van der Waals surface area contributed by atoms with Gasteiger partial charge in [-0.15, -0.1) is 0 Å². The smallest absolute Gasteiger partial charge is 0.139 e. The summed E-state index contributed by atoms with van der Waals surface area (Å²) in [4.78, 5) is 5.09. The zero-order valence-corrected chi connectivity index (χ0v) is 12.4. The predicted octanol–water partition coefficient (Wildman–Crippen LogP) is 3.21. The van der Waals surface area contributed by atoms with Gasteiger partial charge in [0.15, 0.2) is 0 Å². The molecular formula is C13H18BrNO3. The first kappa shape index (κ1) is 13.6. The molecule has 0 amide bonds. The quantitative estimate of drug-likeness (QED) is 0.847. The molecule has 0 saturated heterocycles. The van der Waals surface area contributed by atoms with Crippen LogP contribution in [-0.4, -0.2) is 20.3 Å². The Balaban J connectivity index is 2.36. The molecule has 1 aromatic rings. The van der Waals surface area contributed by atoms with Gasteiger partial charge in [0.2, 0.25) is 0 Å². The lowest BCUT2D eigenvalue weighted by Crippen LogP contribution is -2.30. The SMILES string of the molecule is CCCC1Oc2c(Br)cc(OC)cc2C1NOC. The van der Waals surface area contributed by atoms with Crippen LogP contribution in [-0.2, 0) is 4.84 Å². The molecule has 18 heavy (non-hydrogen) atoms. The number of hydrogen-bond acceptors (Lipinski definition) is 4. The lowest BCUT2D eigenvalue weighted by Gasteiger charge is -2.18. The average molecular weight is 316 g/mol. The highest BCUT2D eigenvalue weighted by molar-refractivity contribution is 9.10. The summed E-state index contributed by atoms with van der Waals surface area (Å²) in [6.45, 7) is 2.14. The molecule has 1 aliphatic heterocycles. The van der Waals surface area contributed by atoms with Gasteiger partial charge >= 0.3 is 0 Å². The van der Waals surface area contributed by atoms with Crippen molar-refractivity contribution in [3.05, 3.63) is 22.2 Å². The Hall–Kier alpha value is -0.780. The summed E-state index contributed by atoms with van der Waals surface area (Å²) in [7, 11) is 3.28. The highest BCUT2D eigenvalue weighted by Crippen LogP contribution is 2.45. The van der Waals surface area contributed by atoms with E-state index in [4.69, 9.17) is 14.3 Å². The molecule has 0 saturated carbocycles. The van der Waals surface area contributed by atoms with Crippen LogP contribution in [0.5, 0.6) is 11.5 Å². The van der Waals surface area contributed by atoms with Gasteiger partial charge in [-0.2, -0.15) is 5.48 Å². The van der Waals surface area contributed by atoms with Gasteiger partial charge in [0.1, 0.15) is 17.6 Å². The monoisotopic (exact) mass is 315 g/mol. The molecule has 0 bridgehead atoms. The minimum atomic E-state index is 0.0383. The Morgan fingerprint density at radius 2 is 2.17 bits per heavy atom. The van der Waals surface area contributed by atoms with E-state index in [1.807, 2.05) is 12.1 Å². The lowest BCUT2D eigenvalue weighted by atomic mass is 10.0. The molecule has 1 heterocycles. The van der Waals surface area contributed by atoms with Gasteiger partial charge in [0.25, 0.3) is 0 Å². The van der Waals surface area contributed by atoms with E-state index in [1.54, 1.807) is 14.2 Å². The average Bonchev–Trinajstić information content (AvgIpc) is 2.70. The van der Waals surface area contributed by atoms with Gasteiger partial charge in [0, 0.05) is 5.56 Å². The maximum absolute atomic E-state index is 6.00. The number of methoxy groups -OCH3 is 1. The Morgan fingerprint density at radius 3 is 2.78 bits per heavy atom. The van der Waals surface area contributed by atoms with E-state index in [2.05, 4.69) is 28.3 Å². The number of fused-ring (bicyclic) bond motifs is 1. The van der Waals surface area contributed by atoms with Crippen LogP contribution < -0.4 is 15.0 Å². The van der Waals surface area contributed by atoms with Gasteiger partial charge in [-0.3, -0.25) is 0 Å². The number of ether oxygens (including phenoxy) is 2. The second-order valence-corrected chi connectivity index (χ2v) is 5.13. The lowest BCUT2D eigenvalue weighted by molar-refractivity contribution is 0.0268. The Kier molecular flexibility index (Phi) is 4.48. The van der Waals surface area contributed by atoms with Gasteiger partial charge in [-0.25, -0.2) is 0 Å². The van der Waals surface area contributed by atoms with Crippen molar-refractivity contribution in [3.8, 4) is 11.5 Å². The zero-order valence-electron chi connectivity index (χ0n) is 10.8. The van der Waals surface area contributed by atoms with Crippen LogP contribution in [0.15, 0.2) is 16.6 Å². The predicted molar refractivity (Wildman–Crippen MR) is 72.9 cm³/mol. The number of benzene rings is 1. The molecular weight excluding hydrogens is 298 g/mol. The minimum absolute atomic E-state index is 0.0383. The molecule has 2 atom stereocenters. The third-order valence-electron chi connectivity index (χ3n) is 3.08. The summed E-state index contributed by atoms with van der Waals surface area (Å²) in [5.74, 6) is 1.69. The summed E-state index contributed by atoms with van der Waals surface area (Å²) in [6, 6.07) is 3.94. The molecule has 1 aliphatic rings. The van der Waals surface area contributed by atoms with Gasteiger partial charge in [-0.05, 0) is 34.5 Å². The van der Waals surface area contributed by atoms with E-state index in [1.165, 1.54) is 0 Å². The largest absolute Gasteiger partial charge is 0.497 e. The molecule has 2 unspecified atom stereocenters. The van der Waals surface area contributed by atoms with E-state index < -0.39 is 0 Å². The number of hydrogen-bond donors (Lipinski definition) is 1. The van der Waals surface area contributed by atoms with Crippen LogP contribution in [0, 0.1) is 0 Å². The Labute approximate surface area is 116 Å². The van der Waals surface area contributed by atoms with E-state index in [0.29, 0.717) is 0 Å². The highest BCUT2D eigenvalue weighted by atomic mass is 79.9. The Morgan fingerprint density at radius 1 is 1.39 bits per heavy atom. The van der Waals surface area contributed by atoms with Crippen LogP contribution in [0.1, 0.15) is 31.4 Å². The van der Waals surface area contributed by atoms with E-state index in [9.17, 15) is 0 Å². The normalized spacial score (nSPS) is 21.6. The molecule has 1 N–H and O–H groups in total. The molecule has 0 aliphatic carbocycles. The number of halogens is 1. The minimum Gasteiger partial charge on any atom is -0.497 e. The maximum atomic E-state index is 6.00. The molecule has 0 spiro atoms. The summed E-state index contributed by atoms with van der Waals surface area (Å²) < 4.78 is 12.2. The van der Waals surface area contributed by atoms with Crippen molar-refractivity contribution in [1.29, 1.82) is 0 Å². The molecule has 100 valence electrons. The summed E-state index contributed by atoms with van der Waals surface area (Å²) in [6.07, 6.45) is 2.13.